The molecule has 20 heavy (non-hydrogen) atoms. The first kappa shape index (κ1) is 16.9. The summed E-state index contributed by atoms with van der Waals surface area (Å²) in [6.45, 7) is 4.87. The lowest BCUT2D eigenvalue weighted by Crippen LogP contribution is -2.38. The molecule has 0 atom stereocenters. The molecule has 0 radical (unpaired) electrons. The highest BCUT2D eigenvalue weighted by Crippen LogP contribution is 2.26. The van der Waals surface area contributed by atoms with Gasteiger partial charge in [0.15, 0.2) is 0 Å². The van der Waals surface area contributed by atoms with Crippen LogP contribution in [0.2, 0.25) is 0 Å². The third-order valence-electron chi connectivity index (χ3n) is 2.94. The average Bonchev–Trinajstić information content (AvgIpc) is 2.33. The first-order chi connectivity index (χ1) is 9.21. The van der Waals surface area contributed by atoms with Gasteiger partial charge in [-0.1, -0.05) is 0 Å². The van der Waals surface area contributed by atoms with Crippen LogP contribution in [-0.4, -0.2) is 37.0 Å². The molecule has 0 bridgehead atoms. The van der Waals surface area contributed by atoms with Crippen LogP contribution >= 0.6 is 0 Å². The molecule has 0 fully saturated rings. The fraction of sp³-hybridized carbons (Fsp3) is 0.538. The Bertz CT molecular complexity index is 573. The van der Waals surface area contributed by atoms with E-state index in [1.54, 1.807) is 13.8 Å². The van der Waals surface area contributed by atoms with Crippen molar-refractivity contribution in [1.82, 2.24) is 4.31 Å². The number of sulfonamides is 1. The topological polar surface area (TPSA) is 83.6 Å². The Morgan fingerprint density at radius 1 is 1.40 bits per heavy atom. The number of nitrogens with zero attached hydrogens (tertiary/aromatic N) is 1. The van der Waals surface area contributed by atoms with Crippen LogP contribution in [0, 0.1) is 12.7 Å². The molecule has 0 heterocycles. The number of aryl methyl sites for hydroxylation is 1. The summed E-state index contributed by atoms with van der Waals surface area (Å²) in [4.78, 5) is -0.415. The lowest BCUT2D eigenvalue weighted by molar-refractivity contribution is 0.258. The maximum Gasteiger partial charge on any atom is 0.246 e. The van der Waals surface area contributed by atoms with E-state index in [-0.39, 0.29) is 30.4 Å². The maximum atomic E-state index is 14.1. The number of nitrogens with two attached hydrogens (primary N) is 1. The maximum absolute atomic E-state index is 14.1. The minimum Gasteiger partial charge on any atom is -0.399 e. The van der Waals surface area contributed by atoms with Crippen molar-refractivity contribution >= 4 is 15.7 Å². The van der Waals surface area contributed by atoms with Gasteiger partial charge < -0.3 is 10.8 Å². The smallest absolute Gasteiger partial charge is 0.246 e. The summed E-state index contributed by atoms with van der Waals surface area (Å²) >= 11 is 0. The molecular formula is C13H21FN2O3S. The Hall–Kier alpha value is -1.18. The third kappa shape index (κ3) is 3.47. The molecule has 0 saturated heterocycles. The van der Waals surface area contributed by atoms with Crippen molar-refractivity contribution in [3.05, 3.63) is 23.5 Å². The van der Waals surface area contributed by atoms with Crippen LogP contribution in [0.15, 0.2) is 17.0 Å². The van der Waals surface area contributed by atoms with Crippen LogP contribution in [0.5, 0.6) is 0 Å². The van der Waals surface area contributed by atoms with E-state index < -0.39 is 20.7 Å². The van der Waals surface area contributed by atoms with Gasteiger partial charge >= 0.3 is 0 Å². The Morgan fingerprint density at radius 2 is 2.00 bits per heavy atom. The fourth-order valence-corrected chi connectivity index (χ4v) is 3.81. The summed E-state index contributed by atoms with van der Waals surface area (Å²) in [5.41, 5.74) is 6.00. The number of hydrogen-bond acceptors (Lipinski definition) is 4. The van der Waals surface area contributed by atoms with E-state index in [2.05, 4.69) is 0 Å². The first-order valence-corrected chi connectivity index (χ1v) is 7.84. The van der Waals surface area contributed by atoms with Crippen LogP contribution in [-0.2, 0) is 10.0 Å². The van der Waals surface area contributed by atoms with Crippen molar-refractivity contribution in [1.29, 1.82) is 0 Å². The summed E-state index contributed by atoms with van der Waals surface area (Å²) in [7, 11) is -3.98. The van der Waals surface area contributed by atoms with Crippen LogP contribution in [0.25, 0.3) is 0 Å². The number of nitrogen functional groups attached to an aromatic ring is 1. The molecule has 0 aromatic heterocycles. The van der Waals surface area contributed by atoms with Crippen LogP contribution < -0.4 is 5.73 Å². The quantitative estimate of drug-likeness (QED) is 0.780. The molecule has 7 heteroatoms. The van der Waals surface area contributed by atoms with Crippen LogP contribution in [0.4, 0.5) is 10.1 Å². The van der Waals surface area contributed by atoms with Gasteiger partial charge in [-0.3, -0.25) is 0 Å². The van der Waals surface area contributed by atoms with Gasteiger partial charge in [0.1, 0.15) is 10.7 Å². The molecule has 0 spiro atoms. The highest BCUT2D eigenvalue weighted by molar-refractivity contribution is 7.89. The number of hydrogen-bond donors (Lipinski definition) is 2. The predicted molar refractivity (Wildman–Crippen MR) is 76.3 cm³/mol. The fourth-order valence-electron chi connectivity index (χ4n) is 1.96. The zero-order chi connectivity index (χ0) is 15.5. The van der Waals surface area contributed by atoms with Crippen molar-refractivity contribution in [2.24, 2.45) is 0 Å². The zero-order valence-electron chi connectivity index (χ0n) is 11.9. The first-order valence-electron chi connectivity index (χ1n) is 6.40. The molecule has 0 amide bonds. The SMILES string of the molecule is Cc1cc(N)cc(S(=O)(=O)N(CCCO)C(C)C)c1F. The van der Waals surface area contributed by atoms with Gasteiger partial charge in [-0.2, -0.15) is 4.31 Å². The molecule has 1 aromatic rings. The monoisotopic (exact) mass is 304 g/mol. The van der Waals surface area contributed by atoms with Gasteiger partial charge in [0.2, 0.25) is 10.0 Å². The minimum atomic E-state index is -3.98. The van der Waals surface area contributed by atoms with E-state index >= 15 is 0 Å². The summed E-state index contributed by atoms with van der Waals surface area (Å²) in [6.07, 6.45) is 0.292. The lowest BCUT2D eigenvalue weighted by Gasteiger charge is -2.26. The third-order valence-corrected chi connectivity index (χ3v) is 5.02. The minimum absolute atomic E-state index is 0.128. The molecule has 0 aliphatic rings. The number of rotatable bonds is 6. The predicted octanol–water partition coefficient (Wildman–Crippen LogP) is 1.50. The summed E-state index contributed by atoms with van der Waals surface area (Å²) in [6, 6.07) is 2.18. The number of benzene rings is 1. The van der Waals surface area contributed by atoms with Crippen molar-refractivity contribution in [2.75, 3.05) is 18.9 Å². The van der Waals surface area contributed by atoms with E-state index in [4.69, 9.17) is 10.8 Å². The highest BCUT2D eigenvalue weighted by Gasteiger charge is 2.30. The number of aliphatic hydroxyl groups excluding tert-OH is 1. The zero-order valence-corrected chi connectivity index (χ0v) is 12.7. The van der Waals surface area contributed by atoms with Crippen LogP contribution in [0.3, 0.4) is 0 Å². The van der Waals surface area contributed by atoms with Gasteiger partial charge in [0.05, 0.1) is 0 Å². The van der Waals surface area contributed by atoms with Crippen LogP contribution in [0.1, 0.15) is 25.8 Å². The standard InChI is InChI=1S/C13H21FN2O3S/c1-9(2)16(5-4-6-17)20(18,19)12-8-11(15)7-10(3)13(12)14/h7-9,17H,4-6,15H2,1-3H3. The molecule has 0 unspecified atom stereocenters. The van der Waals surface area contributed by atoms with Gasteiger partial charge in [-0.15, -0.1) is 0 Å². The molecule has 1 rings (SSSR count). The van der Waals surface area contributed by atoms with Crippen molar-refractivity contribution in [2.45, 2.75) is 38.1 Å². The Balaban J connectivity index is 3.33. The molecule has 0 saturated carbocycles. The molecule has 0 aliphatic heterocycles. The van der Waals surface area contributed by atoms with E-state index in [1.165, 1.54) is 17.3 Å². The van der Waals surface area contributed by atoms with E-state index in [0.717, 1.165) is 6.07 Å². The molecule has 114 valence electrons. The van der Waals surface area contributed by atoms with Crippen molar-refractivity contribution < 1.29 is 17.9 Å². The Morgan fingerprint density at radius 3 is 2.50 bits per heavy atom. The number of halogens is 1. The highest BCUT2D eigenvalue weighted by atomic mass is 32.2. The molecular weight excluding hydrogens is 283 g/mol. The Kier molecular flexibility index (Phi) is 5.50. The molecule has 1 aromatic carbocycles. The molecule has 5 nitrogen and oxygen atoms in total. The van der Waals surface area contributed by atoms with Crippen molar-refractivity contribution in [3.63, 3.8) is 0 Å². The Labute approximate surface area is 119 Å². The van der Waals surface area contributed by atoms with E-state index in [1.807, 2.05) is 0 Å². The number of anilines is 1. The van der Waals surface area contributed by atoms with Crippen molar-refractivity contribution in [3.8, 4) is 0 Å². The van der Waals surface area contributed by atoms with Gasteiger partial charge in [-0.05, 0) is 44.9 Å². The second-order valence-corrected chi connectivity index (χ2v) is 6.80. The van der Waals surface area contributed by atoms with E-state index in [0.29, 0.717) is 6.42 Å². The van der Waals surface area contributed by atoms with E-state index in [9.17, 15) is 12.8 Å². The van der Waals surface area contributed by atoms with Gasteiger partial charge in [0.25, 0.3) is 0 Å². The second-order valence-electron chi connectivity index (χ2n) is 4.94. The van der Waals surface area contributed by atoms with Gasteiger partial charge in [-0.25, -0.2) is 12.8 Å². The summed E-state index contributed by atoms with van der Waals surface area (Å²) in [5.74, 6) is -0.783. The second kappa shape index (κ2) is 6.51. The summed E-state index contributed by atoms with van der Waals surface area (Å²) < 4.78 is 40.4. The van der Waals surface area contributed by atoms with Gasteiger partial charge in [0, 0.05) is 24.9 Å². The normalized spacial score (nSPS) is 12.3. The largest absolute Gasteiger partial charge is 0.399 e. The average molecular weight is 304 g/mol. The molecule has 0 aliphatic carbocycles. The number of aliphatic hydroxyl groups is 1. The summed E-state index contributed by atoms with van der Waals surface area (Å²) in [5, 5.41) is 8.86. The molecule has 3 N–H and O–H groups in total. The lowest BCUT2D eigenvalue weighted by atomic mass is 10.2.